The lowest BCUT2D eigenvalue weighted by molar-refractivity contribution is -0.166. The summed E-state index contributed by atoms with van der Waals surface area (Å²) < 4.78 is 27.9. The molecule has 0 aromatic heterocycles. The highest BCUT2D eigenvalue weighted by molar-refractivity contribution is 5.95. The average Bonchev–Trinajstić information content (AvgIpc) is 3.34. The lowest BCUT2D eigenvalue weighted by Gasteiger charge is -2.29. The van der Waals surface area contributed by atoms with Crippen LogP contribution in [-0.2, 0) is 81.2 Å². The van der Waals surface area contributed by atoms with Crippen molar-refractivity contribution >= 4 is 71.3 Å². The number of carbonyl (C=O) groups excluding carboxylic acids is 11. The molecule has 0 aliphatic heterocycles. The normalized spacial score (nSPS) is 16.1. The van der Waals surface area contributed by atoms with Crippen LogP contribution in [0.1, 0.15) is 165 Å². The number of hydrogen-bond donors (Lipinski definition) is 8. The van der Waals surface area contributed by atoms with Crippen molar-refractivity contribution < 1.29 is 91.4 Å². The largest absolute Gasteiger partial charge is 0.480 e. The number of aliphatic hydroxyl groups is 1. The van der Waals surface area contributed by atoms with Crippen molar-refractivity contribution in [3.05, 3.63) is 0 Å². The van der Waals surface area contributed by atoms with Crippen molar-refractivity contribution in [3.8, 4) is 0 Å². The highest BCUT2D eigenvalue weighted by Gasteiger charge is 2.40. The number of aliphatic hydroxyl groups excluding tert-OH is 1. The number of nitrogens with one attached hydrogen (secondary N) is 6. The Morgan fingerprint density at radius 1 is 0.305 bits per heavy atom. The minimum absolute atomic E-state index is 0.00637. The van der Waals surface area contributed by atoms with Crippen molar-refractivity contribution in [2.75, 3.05) is 0 Å². The number of carboxylic acids is 1. The third kappa shape index (κ3) is 26.2. The monoisotopic (exact) mass is 1170 g/mol. The topological polar surface area (TPSA) is 364 Å². The molecule has 0 spiro atoms. The molecule has 0 saturated carbocycles. The van der Waals surface area contributed by atoms with E-state index in [2.05, 4.69) is 31.9 Å². The Morgan fingerprint density at radius 3 is 0.793 bits per heavy atom. The summed E-state index contributed by atoms with van der Waals surface area (Å²) in [7, 11) is 0. The van der Waals surface area contributed by atoms with Crippen molar-refractivity contribution in [1.29, 1.82) is 0 Å². The number of esters is 5. The SMILES string of the molecule is CC(C)C[C@@H](O)C(=O)N[C@H](C)C(=O)O[C@H](C(=O)N[C@H](C(=O)O[C@H](CC(C)C)C(=O)N[C@H](C)C(=O)O[C@H](C(=O)N[C@H](C(=O)O[C@H](CC(C)C)C(=O)N[C@H](C)C(=O)O[C@H](C(=O)N[C@H](C(=O)O)C(C)C)C(C)C)C(C)C)C(C)C)C(C)C)C(C)C. The second kappa shape index (κ2) is 35.6. The van der Waals surface area contributed by atoms with E-state index in [0.717, 1.165) is 0 Å². The van der Waals surface area contributed by atoms with Crippen LogP contribution in [-0.4, -0.2) is 154 Å². The van der Waals surface area contributed by atoms with E-state index in [-0.39, 0.29) is 37.0 Å². The highest BCUT2D eigenvalue weighted by atomic mass is 16.6. The average molecular weight is 1170 g/mol. The molecule has 25 heteroatoms. The standard InChI is InChI=1S/C57H98N6O19/c1-25(2)22-37(64)46(65)58-34(19)53(73)81-44(32(15)16)50(69)62-41(29(9)10)56(76)79-39(24-27(5)6)48(67)60-36(21)55(75)82-45(33(17)18)51(70)63-42(30(11)12)57(77)78-38(23-26(3)4)47(66)59-35(20)54(74)80-43(31(13)14)49(68)61-40(28(7)8)52(71)72/h25-45,64H,22-24H2,1-21H3,(H,58,65)(H,59,66)(H,60,67)(H,61,68)(H,62,69)(H,63,70)(H,71,72)/t34-,35-,36-,37-,38-,39-,40+,41+,42+,43+,44+,45+/m1/s1. The first-order valence-corrected chi connectivity index (χ1v) is 28.4. The summed E-state index contributed by atoms with van der Waals surface area (Å²) >= 11 is 0. The number of ether oxygens (including phenoxy) is 5. The minimum atomic E-state index is -1.54. The smallest absolute Gasteiger partial charge is 0.329 e. The number of carboxylic acid groups (broad SMARTS) is 1. The van der Waals surface area contributed by atoms with Crippen LogP contribution in [0.4, 0.5) is 0 Å². The van der Waals surface area contributed by atoms with Crippen molar-refractivity contribution in [2.45, 2.75) is 238 Å². The number of hydrogen-bond acceptors (Lipinski definition) is 18. The third-order valence-corrected chi connectivity index (χ3v) is 12.6. The molecular weight excluding hydrogens is 1070 g/mol. The van der Waals surface area contributed by atoms with Gasteiger partial charge in [-0.2, -0.15) is 0 Å². The molecule has 0 fully saturated rings. The molecular formula is C57H98N6O19. The van der Waals surface area contributed by atoms with Crippen LogP contribution < -0.4 is 31.9 Å². The van der Waals surface area contributed by atoms with Gasteiger partial charge in [-0.25, -0.2) is 28.8 Å². The molecule has 0 radical (unpaired) electrons. The van der Waals surface area contributed by atoms with Gasteiger partial charge in [0, 0.05) is 0 Å². The Hall–Kier alpha value is -6.40. The Bertz CT molecular complexity index is 2180. The molecule has 0 aromatic rings. The van der Waals surface area contributed by atoms with E-state index in [9.17, 15) is 67.7 Å². The van der Waals surface area contributed by atoms with Crippen LogP contribution in [0.5, 0.6) is 0 Å². The van der Waals surface area contributed by atoms with Crippen LogP contribution in [0.25, 0.3) is 0 Å². The maximum Gasteiger partial charge on any atom is 0.329 e. The number of carbonyl (C=O) groups is 12. The zero-order chi connectivity index (χ0) is 64.0. The van der Waals surface area contributed by atoms with Crippen LogP contribution in [0, 0.1) is 53.3 Å². The van der Waals surface area contributed by atoms with Crippen LogP contribution in [0.15, 0.2) is 0 Å². The molecule has 0 aliphatic rings. The molecule has 0 saturated heterocycles. The lowest BCUT2D eigenvalue weighted by atomic mass is 10.0. The van der Waals surface area contributed by atoms with E-state index < -0.39 is 180 Å². The summed E-state index contributed by atoms with van der Waals surface area (Å²) in [4.78, 5) is 160. The molecule has 8 N–H and O–H groups in total. The first-order valence-electron chi connectivity index (χ1n) is 28.4. The van der Waals surface area contributed by atoms with E-state index in [4.69, 9.17) is 23.7 Å². The molecule has 25 nitrogen and oxygen atoms in total. The summed E-state index contributed by atoms with van der Waals surface area (Å²) in [5.41, 5.74) is 0. The van der Waals surface area contributed by atoms with E-state index in [1.807, 2.05) is 13.8 Å². The second-order valence-electron chi connectivity index (χ2n) is 24.3. The van der Waals surface area contributed by atoms with E-state index in [0.29, 0.717) is 0 Å². The predicted octanol–water partition coefficient (Wildman–Crippen LogP) is 3.03. The Kier molecular flexibility index (Phi) is 32.8. The van der Waals surface area contributed by atoms with E-state index >= 15 is 0 Å². The third-order valence-electron chi connectivity index (χ3n) is 12.6. The fourth-order valence-electron chi connectivity index (χ4n) is 7.73. The van der Waals surface area contributed by atoms with Crippen molar-refractivity contribution in [2.24, 2.45) is 53.3 Å². The van der Waals surface area contributed by atoms with Gasteiger partial charge in [0.25, 0.3) is 29.5 Å². The summed E-state index contributed by atoms with van der Waals surface area (Å²) in [6.45, 7) is 33.5. The van der Waals surface area contributed by atoms with Gasteiger partial charge in [-0.3, -0.25) is 28.8 Å². The highest BCUT2D eigenvalue weighted by Crippen LogP contribution is 2.19. The zero-order valence-electron chi connectivity index (χ0n) is 52.1. The molecule has 470 valence electrons. The zero-order valence-corrected chi connectivity index (χ0v) is 52.1. The minimum Gasteiger partial charge on any atom is -0.480 e. The summed E-state index contributed by atoms with van der Waals surface area (Å²) in [5.74, 6) is -15.9. The summed E-state index contributed by atoms with van der Waals surface area (Å²) in [5, 5.41) is 34.5. The number of amides is 6. The maximum absolute atomic E-state index is 13.9. The number of aliphatic carboxylic acids is 1. The van der Waals surface area contributed by atoms with Gasteiger partial charge in [-0.05, 0) is 93.3 Å². The van der Waals surface area contributed by atoms with Gasteiger partial charge >= 0.3 is 35.8 Å². The summed E-state index contributed by atoms with van der Waals surface area (Å²) in [6.07, 6.45) is -8.69. The van der Waals surface area contributed by atoms with Crippen LogP contribution in [0.2, 0.25) is 0 Å². The van der Waals surface area contributed by atoms with Crippen LogP contribution >= 0.6 is 0 Å². The maximum atomic E-state index is 13.9. The fraction of sp³-hybridized carbons (Fsp3) is 0.789. The molecule has 0 unspecified atom stereocenters. The molecule has 12 atom stereocenters. The first kappa shape index (κ1) is 75.6. The Labute approximate surface area is 484 Å². The molecule has 6 amide bonds. The molecule has 0 heterocycles. The number of rotatable bonds is 35. The predicted molar refractivity (Wildman–Crippen MR) is 299 cm³/mol. The van der Waals surface area contributed by atoms with Gasteiger partial charge in [-0.15, -0.1) is 0 Å². The van der Waals surface area contributed by atoms with Gasteiger partial charge in [0.2, 0.25) is 5.91 Å². The lowest BCUT2D eigenvalue weighted by Crippen LogP contribution is -2.55. The van der Waals surface area contributed by atoms with Crippen LogP contribution in [0.3, 0.4) is 0 Å². The fourth-order valence-corrected chi connectivity index (χ4v) is 7.73. The second-order valence-corrected chi connectivity index (χ2v) is 24.3. The first-order chi connectivity index (χ1) is 37.6. The van der Waals surface area contributed by atoms with Gasteiger partial charge < -0.3 is 65.8 Å². The molecule has 0 aliphatic carbocycles. The molecule has 0 aromatic carbocycles. The van der Waals surface area contributed by atoms with E-state index in [1.54, 1.807) is 111 Å². The van der Waals surface area contributed by atoms with E-state index in [1.165, 1.54) is 20.8 Å². The quantitative estimate of drug-likeness (QED) is 0.0334. The van der Waals surface area contributed by atoms with Crippen molar-refractivity contribution in [1.82, 2.24) is 31.9 Å². The molecule has 0 rings (SSSR count). The van der Waals surface area contributed by atoms with Gasteiger partial charge in [0.15, 0.2) is 30.5 Å². The molecule has 0 bridgehead atoms. The molecule has 82 heavy (non-hydrogen) atoms. The van der Waals surface area contributed by atoms with Crippen molar-refractivity contribution in [3.63, 3.8) is 0 Å². The van der Waals surface area contributed by atoms with Gasteiger partial charge in [0.1, 0.15) is 42.4 Å². The Morgan fingerprint density at radius 2 is 0.561 bits per heavy atom. The van der Waals surface area contributed by atoms with Gasteiger partial charge in [-0.1, -0.05) is 125 Å². The van der Waals surface area contributed by atoms with Gasteiger partial charge in [0.05, 0.1) is 0 Å². The Balaban J connectivity index is 6.20. The summed E-state index contributed by atoms with van der Waals surface area (Å²) in [6, 6.07) is -8.09.